The lowest BCUT2D eigenvalue weighted by Gasteiger charge is -2.24. The molecule has 1 saturated carbocycles. The van der Waals surface area contributed by atoms with Crippen molar-refractivity contribution in [1.82, 2.24) is 10.2 Å². The summed E-state index contributed by atoms with van der Waals surface area (Å²) in [4.78, 5) is 14.3. The van der Waals surface area contributed by atoms with Crippen LogP contribution >= 0.6 is 11.3 Å². The first-order valence-electron chi connectivity index (χ1n) is 6.89. The number of carbonyl (C=O) groups excluding carboxylic acids is 1. The van der Waals surface area contributed by atoms with Gasteiger partial charge in [-0.3, -0.25) is 4.79 Å². The largest absolute Gasteiger partial charge is 0.336 e. The second kappa shape index (κ2) is 5.41. The standard InChI is InChI=1S/C14H20N2OS/c17-14(5-7-15-12-3-4-12)16-8-1-2-13(16)11-6-9-18-10-11/h6,9-10,12-13,15H,1-5,7-8H2. The lowest BCUT2D eigenvalue weighted by atomic mass is 10.1. The Morgan fingerprint density at radius 2 is 2.33 bits per heavy atom. The van der Waals surface area contributed by atoms with Gasteiger partial charge in [0.15, 0.2) is 0 Å². The highest BCUT2D eigenvalue weighted by atomic mass is 32.1. The molecule has 3 nitrogen and oxygen atoms in total. The number of thiophene rings is 1. The number of rotatable bonds is 5. The minimum Gasteiger partial charge on any atom is -0.336 e. The molecule has 1 atom stereocenters. The summed E-state index contributed by atoms with van der Waals surface area (Å²) < 4.78 is 0. The zero-order chi connectivity index (χ0) is 12.4. The van der Waals surface area contributed by atoms with E-state index < -0.39 is 0 Å². The summed E-state index contributed by atoms with van der Waals surface area (Å²) in [7, 11) is 0. The highest BCUT2D eigenvalue weighted by Crippen LogP contribution is 2.33. The van der Waals surface area contributed by atoms with Gasteiger partial charge in [0.1, 0.15) is 0 Å². The molecular formula is C14H20N2OS. The normalized spacial score (nSPS) is 23.6. The Kier molecular flexibility index (Phi) is 3.66. The van der Waals surface area contributed by atoms with Crippen LogP contribution in [-0.4, -0.2) is 29.9 Å². The Balaban J connectivity index is 1.54. The molecule has 1 aromatic rings. The number of hydrogen-bond donors (Lipinski definition) is 1. The molecule has 2 fully saturated rings. The van der Waals surface area contributed by atoms with E-state index in [-0.39, 0.29) is 0 Å². The molecule has 1 amide bonds. The van der Waals surface area contributed by atoms with Crippen molar-refractivity contribution in [3.05, 3.63) is 22.4 Å². The van der Waals surface area contributed by atoms with Crippen LogP contribution in [0.5, 0.6) is 0 Å². The number of amides is 1. The van der Waals surface area contributed by atoms with Gasteiger partial charge in [0.25, 0.3) is 0 Å². The fourth-order valence-electron chi connectivity index (χ4n) is 2.69. The molecule has 98 valence electrons. The molecule has 1 unspecified atom stereocenters. The van der Waals surface area contributed by atoms with Gasteiger partial charge in [0.2, 0.25) is 5.91 Å². The number of nitrogens with one attached hydrogen (secondary N) is 1. The molecule has 1 aliphatic carbocycles. The summed E-state index contributed by atoms with van der Waals surface area (Å²) in [5.41, 5.74) is 1.32. The fourth-order valence-corrected chi connectivity index (χ4v) is 3.40. The molecule has 1 N–H and O–H groups in total. The van der Waals surface area contributed by atoms with Crippen molar-refractivity contribution in [3.63, 3.8) is 0 Å². The predicted molar refractivity (Wildman–Crippen MR) is 73.6 cm³/mol. The smallest absolute Gasteiger partial charge is 0.224 e. The van der Waals surface area contributed by atoms with Gasteiger partial charge in [-0.2, -0.15) is 11.3 Å². The number of hydrogen-bond acceptors (Lipinski definition) is 3. The van der Waals surface area contributed by atoms with E-state index in [0.717, 1.165) is 25.9 Å². The third-order valence-corrected chi connectivity index (χ3v) is 4.55. The van der Waals surface area contributed by atoms with Crippen LogP contribution in [0.25, 0.3) is 0 Å². The van der Waals surface area contributed by atoms with Gasteiger partial charge in [0.05, 0.1) is 6.04 Å². The minimum atomic E-state index is 0.317. The Morgan fingerprint density at radius 1 is 1.44 bits per heavy atom. The van der Waals surface area contributed by atoms with E-state index in [4.69, 9.17) is 0 Å². The summed E-state index contributed by atoms with van der Waals surface area (Å²) in [5, 5.41) is 7.70. The molecule has 1 aliphatic heterocycles. The van der Waals surface area contributed by atoms with Crippen LogP contribution in [-0.2, 0) is 4.79 Å². The summed E-state index contributed by atoms with van der Waals surface area (Å²) in [5.74, 6) is 0.317. The second-order valence-corrected chi connectivity index (χ2v) is 6.06. The van der Waals surface area contributed by atoms with Gasteiger partial charge in [-0.1, -0.05) is 0 Å². The van der Waals surface area contributed by atoms with E-state index in [1.54, 1.807) is 11.3 Å². The van der Waals surface area contributed by atoms with Crippen LogP contribution in [0.1, 0.15) is 43.7 Å². The van der Waals surface area contributed by atoms with Crippen LogP contribution in [0.4, 0.5) is 0 Å². The van der Waals surface area contributed by atoms with Crippen LogP contribution < -0.4 is 5.32 Å². The van der Waals surface area contributed by atoms with Crippen LogP contribution in [0, 0.1) is 0 Å². The summed E-state index contributed by atoms with van der Waals surface area (Å²) in [6.07, 6.45) is 5.49. The zero-order valence-corrected chi connectivity index (χ0v) is 11.4. The van der Waals surface area contributed by atoms with Crippen molar-refractivity contribution in [2.24, 2.45) is 0 Å². The van der Waals surface area contributed by atoms with E-state index in [0.29, 0.717) is 24.4 Å². The topological polar surface area (TPSA) is 32.3 Å². The Morgan fingerprint density at radius 3 is 3.06 bits per heavy atom. The first-order chi connectivity index (χ1) is 8.84. The molecule has 1 aromatic heterocycles. The van der Waals surface area contributed by atoms with E-state index >= 15 is 0 Å². The van der Waals surface area contributed by atoms with Gasteiger partial charge in [-0.15, -0.1) is 0 Å². The average molecular weight is 264 g/mol. The molecule has 4 heteroatoms. The third kappa shape index (κ3) is 2.75. The van der Waals surface area contributed by atoms with Gasteiger partial charge < -0.3 is 10.2 Å². The van der Waals surface area contributed by atoms with Gasteiger partial charge >= 0.3 is 0 Å². The van der Waals surface area contributed by atoms with Crippen molar-refractivity contribution < 1.29 is 4.79 Å². The fraction of sp³-hybridized carbons (Fsp3) is 0.643. The van der Waals surface area contributed by atoms with Gasteiger partial charge in [-0.05, 0) is 48.1 Å². The Bertz CT molecular complexity index is 400. The molecule has 1 saturated heterocycles. The molecule has 0 bridgehead atoms. The Labute approximate surface area is 112 Å². The molecule has 0 radical (unpaired) electrons. The maximum atomic E-state index is 12.2. The second-order valence-electron chi connectivity index (χ2n) is 5.28. The monoisotopic (exact) mass is 264 g/mol. The Hall–Kier alpha value is -0.870. The van der Waals surface area contributed by atoms with Gasteiger partial charge in [-0.25, -0.2) is 0 Å². The van der Waals surface area contributed by atoms with Crippen LogP contribution in [0.3, 0.4) is 0 Å². The summed E-state index contributed by atoms with van der Waals surface area (Å²) in [6, 6.07) is 3.19. The van der Waals surface area contributed by atoms with Crippen molar-refractivity contribution in [2.45, 2.75) is 44.2 Å². The van der Waals surface area contributed by atoms with E-state index in [1.807, 2.05) is 0 Å². The molecular weight excluding hydrogens is 244 g/mol. The molecule has 2 aliphatic rings. The summed E-state index contributed by atoms with van der Waals surface area (Å²) in [6.45, 7) is 1.78. The molecule has 0 spiro atoms. The molecule has 2 heterocycles. The maximum Gasteiger partial charge on any atom is 0.224 e. The quantitative estimate of drug-likeness (QED) is 0.886. The van der Waals surface area contributed by atoms with Crippen molar-refractivity contribution in [2.75, 3.05) is 13.1 Å². The zero-order valence-electron chi connectivity index (χ0n) is 10.6. The predicted octanol–water partition coefficient (Wildman–Crippen LogP) is 2.55. The first-order valence-corrected chi connectivity index (χ1v) is 7.84. The van der Waals surface area contributed by atoms with Crippen molar-refractivity contribution >= 4 is 17.2 Å². The number of carbonyl (C=O) groups is 1. The van der Waals surface area contributed by atoms with Crippen molar-refractivity contribution in [1.29, 1.82) is 0 Å². The number of nitrogens with zero attached hydrogens (tertiary/aromatic N) is 1. The van der Waals surface area contributed by atoms with Gasteiger partial charge in [0, 0.05) is 25.6 Å². The average Bonchev–Trinajstić information content (AvgIpc) is 2.88. The highest BCUT2D eigenvalue weighted by molar-refractivity contribution is 7.07. The lowest BCUT2D eigenvalue weighted by molar-refractivity contribution is -0.132. The van der Waals surface area contributed by atoms with E-state index in [2.05, 4.69) is 27.0 Å². The van der Waals surface area contributed by atoms with Crippen molar-refractivity contribution in [3.8, 4) is 0 Å². The SMILES string of the molecule is O=C(CCNC1CC1)N1CCCC1c1ccsc1. The lowest BCUT2D eigenvalue weighted by Crippen LogP contribution is -2.33. The van der Waals surface area contributed by atoms with E-state index in [1.165, 1.54) is 18.4 Å². The minimum absolute atomic E-state index is 0.317. The summed E-state index contributed by atoms with van der Waals surface area (Å²) >= 11 is 1.72. The first kappa shape index (κ1) is 12.2. The third-order valence-electron chi connectivity index (χ3n) is 3.85. The maximum absolute atomic E-state index is 12.2. The molecule has 3 rings (SSSR count). The van der Waals surface area contributed by atoms with Crippen LogP contribution in [0.15, 0.2) is 16.8 Å². The molecule has 0 aromatic carbocycles. The number of likely N-dealkylation sites (tertiary alicyclic amines) is 1. The molecule has 18 heavy (non-hydrogen) atoms. The highest BCUT2D eigenvalue weighted by Gasteiger charge is 2.30. The van der Waals surface area contributed by atoms with Crippen LogP contribution in [0.2, 0.25) is 0 Å². The van der Waals surface area contributed by atoms with E-state index in [9.17, 15) is 4.79 Å².